The quantitative estimate of drug-likeness (QED) is 0.810. The van der Waals surface area contributed by atoms with Gasteiger partial charge in [0.15, 0.2) is 0 Å². The Hall–Kier alpha value is -2.25. The molecule has 1 unspecified atom stereocenters. The number of carbonyl (C=O) groups is 1. The Morgan fingerprint density at radius 2 is 2.28 bits per heavy atom. The van der Waals surface area contributed by atoms with Crippen molar-refractivity contribution in [3.63, 3.8) is 0 Å². The highest BCUT2D eigenvalue weighted by Gasteiger charge is 2.23. The number of aliphatic hydroxyl groups is 1. The van der Waals surface area contributed by atoms with Crippen LogP contribution in [0.25, 0.3) is 0 Å². The number of aryl methyl sites for hydroxylation is 1. The van der Waals surface area contributed by atoms with E-state index in [0.717, 1.165) is 36.3 Å². The number of nitrogens with zero attached hydrogens (tertiary/aromatic N) is 4. The van der Waals surface area contributed by atoms with Crippen molar-refractivity contribution in [1.29, 1.82) is 0 Å². The van der Waals surface area contributed by atoms with E-state index in [1.54, 1.807) is 18.5 Å². The number of hydrogen-bond acceptors (Lipinski definition) is 5. The third-order valence-corrected chi connectivity index (χ3v) is 4.69. The number of aliphatic hydroxyl groups excluding tert-OH is 1. The van der Waals surface area contributed by atoms with Gasteiger partial charge in [0.25, 0.3) is 5.91 Å². The number of likely N-dealkylation sites (N-methyl/N-ethyl adjacent to an activating group) is 1. The minimum atomic E-state index is -0.186. The van der Waals surface area contributed by atoms with Crippen LogP contribution in [0.5, 0.6) is 0 Å². The maximum Gasteiger partial charge on any atom is 0.251 e. The number of pyridine rings is 1. The van der Waals surface area contributed by atoms with E-state index in [4.69, 9.17) is 5.11 Å². The molecule has 1 amide bonds. The molecule has 0 spiro atoms. The van der Waals surface area contributed by atoms with Gasteiger partial charge in [-0.1, -0.05) is 0 Å². The van der Waals surface area contributed by atoms with E-state index in [-0.39, 0.29) is 19.1 Å². The van der Waals surface area contributed by atoms with Gasteiger partial charge in [0.05, 0.1) is 18.3 Å². The summed E-state index contributed by atoms with van der Waals surface area (Å²) in [5.74, 6) is -0.186. The number of rotatable bonds is 6. The van der Waals surface area contributed by atoms with Crippen molar-refractivity contribution in [3.8, 4) is 0 Å². The number of carbonyl (C=O) groups excluding carboxylic acids is 1. The van der Waals surface area contributed by atoms with Crippen LogP contribution in [-0.4, -0.2) is 64.0 Å². The predicted octanol–water partition coefficient (Wildman–Crippen LogP) is 0.776. The van der Waals surface area contributed by atoms with Gasteiger partial charge in [0, 0.05) is 43.7 Å². The molecule has 1 saturated heterocycles. The SMILES string of the molecule is Cc1nn(C2CCN(C)C2)cc1Cc1cnccc1C(=O)NCCO. The van der Waals surface area contributed by atoms with E-state index in [0.29, 0.717) is 18.0 Å². The highest BCUT2D eigenvalue weighted by molar-refractivity contribution is 5.95. The molecular formula is C18H25N5O2. The Labute approximate surface area is 147 Å². The van der Waals surface area contributed by atoms with E-state index in [2.05, 4.69) is 38.2 Å². The third-order valence-electron chi connectivity index (χ3n) is 4.69. The molecule has 1 atom stereocenters. The zero-order valence-corrected chi connectivity index (χ0v) is 14.8. The molecule has 3 rings (SSSR count). The topological polar surface area (TPSA) is 83.3 Å². The van der Waals surface area contributed by atoms with Crippen LogP contribution >= 0.6 is 0 Å². The lowest BCUT2D eigenvalue weighted by atomic mass is 10.0. The van der Waals surface area contributed by atoms with Crippen LogP contribution in [0.1, 0.15) is 39.6 Å². The Balaban J connectivity index is 1.79. The highest BCUT2D eigenvalue weighted by Crippen LogP contribution is 2.23. The van der Waals surface area contributed by atoms with Crippen molar-refractivity contribution in [2.45, 2.75) is 25.8 Å². The van der Waals surface area contributed by atoms with Gasteiger partial charge in [-0.2, -0.15) is 5.10 Å². The van der Waals surface area contributed by atoms with E-state index >= 15 is 0 Å². The highest BCUT2D eigenvalue weighted by atomic mass is 16.3. The molecule has 0 saturated carbocycles. The first-order valence-electron chi connectivity index (χ1n) is 8.63. The van der Waals surface area contributed by atoms with Crippen LogP contribution in [0.15, 0.2) is 24.7 Å². The minimum absolute atomic E-state index is 0.0755. The molecule has 2 aromatic rings. The third kappa shape index (κ3) is 4.05. The molecule has 0 aliphatic carbocycles. The van der Waals surface area contributed by atoms with Crippen molar-refractivity contribution in [3.05, 3.63) is 47.0 Å². The number of aromatic nitrogens is 3. The van der Waals surface area contributed by atoms with Crippen molar-refractivity contribution in [2.24, 2.45) is 0 Å². The summed E-state index contributed by atoms with van der Waals surface area (Å²) in [6, 6.07) is 2.13. The maximum atomic E-state index is 12.3. The molecule has 2 aromatic heterocycles. The summed E-state index contributed by atoms with van der Waals surface area (Å²) in [5.41, 5.74) is 3.55. The molecule has 1 fully saturated rings. The lowest BCUT2D eigenvalue weighted by Gasteiger charge is -2.10. The van der Waals surface area contributed by atoms with Crippen LogP contribution < -0.4 is 5.32 Å². The second-order valence-electron chi connectivity index (χ2n) is 6.61. The number of amides is 1. The summed E-state index contributed by atoms with van der Waals surface area (Å²) in [6.45, 7) is 4.28. The Bertz CT molecular complexity index is 743. The summed E-state index contributed by atoms with van der Waals surface area (Å²) >= 11 is 0. The first-order valence-corrected chi connectivity index (χ1v) is 8.63. The van der Waals surface area contributed by atoms with Gasteiger partial charge in [-0.25, -0.2) is 0 Å². The molecule has 0 bridgehead atoms. The lowest BCUT2D eigenvalue weighted by Crippen LogP contribution is -2.27. The van der Waals surface area contributed by atoms with E-state index in [1.165, 1.54) is 0 Å². The van der Waals surface area contributed by atoms with Gasteiger partial charge >= 0.3 is 0 Å². The Kier molecular flexibility index (Phi) is 5.45. The summed E-state index contributed by atoms with van der Waals surface area (Å²) in [7, 11) is 2.13. The summed E-state index contributed by atoms with van der Waals surface area (Å²) in [6.07, 6.45) is 7.17. The molecule has 7 heteroatoms. The van der Waals surface area contributed by atoms with Gasteiger partial charge in [-0.15, -0.1) is 0 Å². The maximum absolute atomic E-state index is 12.3. The second kappa shape index (κ2) is 7.76. The zero-order valence-electron chi connectivity index (χ0n) is 14.8. The van der Waals surface area contributed by atoms with Crippen molar-refractivity contribution in [2.75, 3.05) is 33.3 Å². The Morgan fingerprint density at radius 3 is 3.00 bits per heavy atom. The van der Waals surface area contributed by atoms with Crippen LogP contribution in [0.3, 0.4) is 0 Å². The summed E-state index contributed by atoms with van der Waals surface area (Å²) in [5, 5.41) is 16.3. The molecular weight excluding hydrogens is 318 g/mol. The standard InChI is InChI=1S/C18H25N5O2/c1-13-15(11-23(21-13)16-4-7-22(2)12-16)9-14-10-19-5-3-17(14)18(25)20-6-8-24/h3,5,10-11,16,24H,4,6-9,12H2,1-2H3,(H,20,25). The fourth-order valence-electron chi connectivity index (χ4n) is 3.27. The van der Waals surface area contributed by atoms with Crippen molar-refractivity contribution < 1.29 is 9.90 Å². The van der Waals surface area contributed by atoms with Crippen LogP contribution in [0.4, 0.5) is 0 Å². The fourth-order valence-corrected chi connectivity index (χ4v) is 3.27. The van der Waals surface area contributed by atoms with Crippen LogP contribution in [0.2, 0.25) is 0 Å². The van der Waals surface area contributed by atoms with Gasteiger partial charge in [-0.05, 0) is 44.1 Å². The molecule has 3 heterocycles. The molecule has 2 N–H and O–H groups in total. The number of nitrogens with one attached hydrogen (secondary N) is 1. The molecule has 0 radical (unpaired) electrons. The first-order chi connectivity index (χ1) is 12.1. The Morgan fingerprint density at radius 1 is 1.44 bits per heavy atom. The number of hydrogen-bond donors (Lipinski definition) is 2. The van der Waals surface area contributed by atoms with Gasteiger partial charge in [0.1, 0.15) is 0 Å². The van der Waals surface area contributed by atoms with E-state index < -0.39 is 0 Å². The van der Waals surface area contributed by atoms with Crippen molar-refractivity contribution in [1.82, 2.24) is 25.0 Å². The van der Waals surface area contributed by atoms with Crippen LogP contribution in [0, 0.1) is 6.92 Å². The molecule has 1 aliphatic rings. The average molecular weight is 343 g/mol. The summed E-state index contributed by atoms with van der Waals surface area (Å²) < 4.78 is 2.07. The largest absolute Gasteiger partial charge is 0.395 e. The molecule has 7 nitrogen and oxygen atoms in total. The molecule has 0 aromatic carbocycles. The zero-order chi connectivity index (χ0) is 17.8. The van der Waals surface area contributed by atoms with E-state index in [1.807, 2.05) is 6.92 Å². The smallest absolute Gasteiger partial charge is 0.251 e. The van der Waals surface area contributed by atoms with Crippen molar-refractivity contribution >= 4 is 5.91 Å². The van der Waals surface area contributed by atoms with Gasteiger partial charge in [0.2, 0.25) is 0 Å². The minimum Gasteiger partial charge on any atom is -0.395 e. The monoisotopic (exact) mass is 343 g/mol. The lowest BCUT2D eigenvalue weighted by molar-refractivity contribution is 0.0944. The normalized spacial score (nSPS) is 17.8. The number of likely N-dealkylation sites (tertiary alicyclic amines) is 1. The predicted molar refractivity (Wildman–Crippen MR) is 94.6 cm³/mol. The first kappa shape index (κ1) is 17.6. The average Bonchev–Trinajstić information content (AvgIpc) is 3.19. The van der Waals surface area contributed by atoms with Crippen LogP contribution in [-0.2, 0) is 6.42 Å². The van der Waals surface area contributed by atoms with E-state index in [9.17, 15) is 4.79 Å². The summed E-state index contributed by atoms with van der Waals surface area (Å²) in [4.78, 5) is 18.7. The molecule has 1 aliphatic heterocycles. The molecule has 25 heavy (non-hydrogen) atoms. The molecule has 134 valence electrons. The van der Waals surface area contributed by atoms with Gasteiger partial charge in [-0.3, -0.25) is 14.5 Å². The fraction of sp³-hybridized carbons (Fsp3) is 0.500. The second-order valence-corrected chi connectivity index (χ2v) is 6.61. The van der Waals surface area contributed by atoms with Gasteiger partial charge < -0.3 is 15.3 Å².